The molecule has 0 aliphatic carbocycles. The Morgan fingerprint density at radius 2 is 1.69 bits per heavy atom. The molecule has 0 atom stereocenters. The van der Waals surface area contributed by atoms with Gasteiger partial charge in [-0.25, -0.2) is 0 Å². The van der Waals surface area contributed by atoms with E-state index in [-0.39, 0.29) is 0 Å². The van der Waals surface area contributed by atoms with E-state index in [9.17, 15) is 0 Å². The molecule has 0 unspecified atom stereocenters. The van der Waals surface area contributed by atoms with E-state index >= 15 is 0 Å². The third kappa shape index (κ3) is 2.45. The summed E-state index contributed by atoms with van der Waals surface area (Å²) in [6.07, 6.45) is 1.71. The van der Waals surface area contributed by atoms with Gasteiger partial charge in [0.25, 0.3) is 0 Å². The molecule has 0 saturated heterocycles. The molecule has 0 amide bonds. The largest absolute Gasteiger partial charge is 0.255 e. The van der Waals surface area contributed by atoms with Crippen LogP contribution >= 0.6 is 57.4 Å². The van der Waals surface area contributed by atoms with E-state index in [1.54, 1.807) is 18.3 Å². The highest BCUT2D eigenvalue weighted by atomic mass is 127. The Hall–Kier alpha value is -0.0300. The fourth-order valence-electron chi connectivity index (χ4n) is 1.34. The summed E-state index contributed by atoms with van der Waals surface area (Å²) in [4.78, 5) is 4.28. The number of nitrogens with zero attached hydrogens (tertiary/aromatic N) is 1. The van der Waals surface area contributed by atoms with Crippen LogP contribution in [0.1, 0.15) is 0 Å². The Morgan fingerprint density at radius 3 is 2.25 bits per heavy atom. The molecule has 0 saturated carbocycles. The quantitative estimate of drug-likeness (QED) is 0.607. The SMILES string of the molecule is Clc1cc(Cl)c(-c2ncccc2I)c(Cl)c1. The van der Waals surface area contributed by atoms with Gasteiger partial charge in [0.1, 0.15) is 0 Å². The molecular weight excluding hydrogens is 379 g/mol. The van der Waals surface area contributed by atoms with Crippen molar-refractivity contribution in [1.29, 1.82) is 0 Å². The zero-order chi connectivity index (χ0) is 11.7. The second-order valence-corrected chi connectivity index (χ2v) is 5.49. The Kier molecular flexibility index (Phi) is 3.95. The highest BCUT2D eigenvalue weighted by Gasteiger charge is 2.13. The molecule has 82 valence electrons. The molecule has 5 heteroatoms. The fourth-order valence-corrected chi connectivity index (χ4v) is 2.95. The van der Waals surface area contributed by atoms with Crippen molar-refractivity contribution in [2.45, 2.75) is 0 Å². The maximum absolute atomic E-state index is 6.13. The smallest absolute Gasteiger partial charge is 0.0865 e. The minimum atomic E-state index is 0.508. The van der Waals surface area contributed by atoms with Crippen LogP contribution in [0.15, 0.2) is 30.5 Å². The van der Waals surface area contributed by atoms with Gasteiger partial charge in [-0.1, -0.05) is 34.8 Å². The van der Waals surface area contributed by atoms with Crippen molar-refractivity contribution in [3.8, 4) is 11.3 Å². The van der Waals surface area contributed by atoms with Crippen LogP contribution in [0.5, 0.6) is 0 Å². The van der Waals surface area contributed by atoms with Gasteiger partial charge in [0.15, 0.2) is 0 Å². The number of pyridine rings is 1. The molecule has 0 aliphatic rings. The lowest BCUT2D eigenvalue weighted by Crippen LogP contribution is -1.89. The number of benzene rings is 1. The highest BCUT2D eigenvalue weighted by molar-refractivity contribution is 14.1. The second-order valence-electron chi connectivity index (χ2n) is 3.08. The summed E-state index contributed by atoms with van der Waals surface area (Å²) in [5, 5.41) is 1.54. The zero-order valence-corrected chi connectivity index (χ0v) is 12.3. The number of hydrogen-bond donors (Lipinski definition) is 0. The number of aromatic nitrogens is 1. The van der Waals surface area contributed by atoms with Gasteiger partial charge in [0, 0.05) is 20.4 Å². The monoisotopic (exact) mass is 383 g/mol. The molecule has 16 heavy (non-hydrogen) atoms. The predicted octanol–water partition coefficient (Wildman–Crippen LogP) is 5.31. The van der Waals surface area contributed by atoms with Crippen LogP contribution in [0.2, 0.25) is 15.1 Å². The van der Waals surface area contributed by atoms with Crippen LogP contribution in [-0.4, -0.2) is 4.98 Å². The van der Waals surface area contributed by atoms with Crippen molar-refractivity contribution in [2.24, 2.45) is 0 Å². The van der Waals surface area contributed by atoms with E-state index in [1.807, 2.05) is 12.1 Å². The Morgan fingerprint density at radius 1 is 1.06 bits per heavy atom. The van der Waals surface area contributed by atoms with Gasteiger partial charge in [-0.3, -0.25) is 4.98 Å². The molecule has 1 nitrogen and oxygen atoms in total. The number of hydrogen-bond acceptors (Lipinski definition) is 1. The summed E-state index contributed by atoms with van der Waals surface area (Å²) in [6, 6.07) is 7.14. The topological polar surface area (TPSA) is 12.9 Å². The summed E-state index contributed by atoms with van der Waals surface area (Å²) >= 11 is 20.3. The Balaban J connectivity index is 2.70. The van der Waals surface area contributed by atoms with Crippen LogP contribution in [0.3, 0.4) is 0 Å². The van der Waals surface area contributed by atoms with Crippen LogP contribution in [0.25, 0.3) is 11.3 Å². The van der Waals surface area contributed by atoms with E-state index in [0.29, 0.717) is 15.1 Å². The minimum Gasteiger partial charge on any atom is -0.255 e. The minimum absolute atomic E-state index is 0.508. The standard InChI is InChI=1S/C11H5Cl3IN/c12-6-4-7(13)10(8(14)5-6)11-9(15)2-1-3-16-11/h1-5H. The maximum atomic E-state index is 6.13. The average molecular weight is 384 g/mol. The summed E-state index contributed by atoms with van der Waals surface area (Å²) in [5.41, 5.74) is 1.49. The van der Waals surface area contributed by atoms with E-state index in [0.717, 1.165) is 14.8 Å². The van der Waals surface area contributed by atoms with E-state index < -0.39 is 0 Å². The van der Waals surface area contributed by atoms with Crippen LogP contribution in [0, 0.1) is 3.57 Å². The molecule has 1 heterocycles. The average Bonchev–Trinajstić information content (AvgIpc) is 2.19. The Bertz CT molecular complexity index is 519. The summed E-state index contributed by atoms with van der Waals surface area (Å²) in [6.45, 7) is 0. The van der Waals surface area contributed by atoms with Gasteiger partial charge in [0.2, 0.25) is 0 Å². The molecule has 0 fully saturated rings. The van der Waals surface area contributed by atoms with E-state index in [1.165, 1.54) is 0 Å². The molecule has 1 aromatic carbocycles. The molecule has 0 spiro atoms. The molecule has 0 aliphatic heterocycles. The van der Waals surface area contributed by atoms with Crippen LogP contribution < -0.4 is 0 Å². The summed E-state index contributed by atoms with van der Waals surface area (Å²) in [5.74, 6) is 0. The molecule has 1 aromatic heterocycles. The molecule has 2 aromatic rings. The number of halogens is 4. The highest BCUT2D eigenvalue weighted by Crippen LogP contribution is 2.37. The van der Waals surface area contributed by atoms with E-state index in [4.69, 9.17) is 34.8 Å². The molecular formula is C11H5Cl3IN. The predicted molar refractivity (Wildman–Crippen MR) is 77.4 cm³/mol. The first-order valence-corrected chi connectivity index (χ1v) is 6.56. The van der Waals surface area contributed by atoms with Crippen molar-refractivity contribution in [3.05, 3.63) is 49.1 Å². The second kappa shape index (κ2) is 5.08. The van der Waals surface area contributed by atoms with Crippen molar-refractivity contribution < 1.29 is 0 Å². The van der Waals surface area contributed by atoms with Gasteiger partial charge >= 0.3 is 0 Å². The molecule has 0 radical (unpaired) electrons. The van der Waals surface area contributed by atoms with Gasteiger partial charge in [-0.05, 0) is 46.9 Å². The maximum Gasteiger partial charge on any atom is 0.0865 e. The normalized spacial score (nSPS) is 10.5. The lowest BCUT2D eigenvalue weighted by Gasteiger charge is -2.08. The van der Waals surface area contributed by atoms with Crippen LogP contribution in [0.4, 0.5) is 0 Å². The van der Waals surface area contributed by atoms with Crippen LogP contribution in [-0.2, 0) is 0 Å². The van der Waals surface area contributed by atoms with Gasteiger partial charge in [-0.15, -0.1) is 0 Å². The van der Waals surface area contributed by atoms with Crippen molar-refractivity contribution in [1.82, 2.24) is 4.98 Å². The van der Waals surface area contributed by atoms with E-state index in [2.05, 4.69) is 27.6 Å². The molecule has 2 rings (SSSR count). The summed E-state index contributed by atoms with van der Waals surface area (Å²) in [7, 11) is 0. The first kappa shape index (κ1) is 12.4. The van der Waals surface area contributed by atoms with Gasteiger partial charge < -0.3 is 0 Å². The van der Waals surface area contributed by atoms with Gasteiger partial charge in [-0.2, -0.15) is 0 Å². The summed E-state index contributed by atoms with van der Waals surface area (Å²) < 4.78 is 0.992. The van der Waals surface area contributed by atoms with Crippen molar-refractivity contribution in [2.75, 3.05) is 0 Å². The molecule has 0 bridgehead atoms. The van der Waals surface area contributed by atoms with Crippen molar-refractivity contribution in [3.63, 3.8) is 0 Å². The lowest BCUT2D eigenvalue weighted by atomic mass is 10.1. The third-order valence-corrected chi connectivity index (χ3v) is 3.69. The molecule has 0 N–H and O–H groups in total. The van der Waals surface area contributed by atoms with Crippen molar-refractivity contribution >= 4 is 57.4 Å². The Labute approximate surface area is 122 Å². The van der Waals surface area contributed by atoms with Gasteiger partial charge in [0.05, 0.1) is 15.7 Å². The fraction of sp³-hybridized carbons (Fsp3) is 0. The first-order valence-electron chi connectivity index (χ1n) is 4.35. The zero-order valence-electron chi connectivity index (χ0n) is 7.85. The lowest BCUT2D eigenvalue weighted by molar-refractivity contribution is 1.31. The third-order valence-electron chi connectivity index (χ3n) is 2.00. The first-order chi connectivity index (χ1) is 7.59. The number of rotatable bonds is 1.